The van der Waals surface area contributed by atoms with Crippen molar-refractivity contribution in [1.29, 1.82) is 0 Å². The summed E-state index contributed by atoms with van der Waals surface area (Å²) >= 11 is 3.33. The van der Waals surface area contributed by atoms with Gasteiger partial charge in [-0.05, 0) is 30.7 Å². The fourth-order valence-electron chi connectivity index (χ4n) is 1.76. The summed E-state index contributed by atoms with van der Waals surface area (Å²) in [5, 5.41) is 3.27. The maximum Gasteiger partial charge on any atom is 0.181 e. The molecule has 0 saturated carbocycles. The second-order valence-corrected chi connectivity index (χ2v) is 5.69. The van der Waals surface area contributed by atoms with Crippen molar-refractivity contribution < 1.29 is 8.81 Å². The zero-order valence-electron chi connectivity index (χ0n) is 10.9. The molecule has 1 N–H and O–H groups in total. The predicted molar refractivity (Wildman–Crippen MR) is 76.1 cm³/mol. The molecule has 0 bridgehead atoms. The van der Waals surface area contributed by atoms with Crippen molar-refractivity contribution in [1.82, 2.24) is 10.3 Å². The van der Waals surface area contributed by atoms with E-state index in [9.17, 15) is 4.39 Å². The molecular weight excluding hydrogens is 311 g/mol. The second kappa shape index (κ2) is 6.30. The van der Waals surface area contributed by atoms with Gasteiger partial charge in [-0.2, -0.15) is 0 Å². The van der Waals surface area contributed by atoms with Gasteiger partial charge in [0.05, 0.1) is 5.56 Å². The first-order chi connectivity index (χ1) is 9.08. The molecule has 5 heteroatoms. The monoisotopic (exact) mass is 326 g/mol. The van der Waals surface area contributed by atoms with Gasteiger partial charge in [-0.1, -0.05) is 29.8 Å². The van der Waals surface area contributed by atoms with E-state index in [1.165, 1.54) is 12.5 Å². The smallest absolute Gasteiger partial charge is 0.181 e. The van der Waals surface area contributed by atoms with E-state index in [1.807, 2.05) is 0 Å². The SMILES string of the molecule is CC(C)CNCc1ncoc1-c1cc(Br)ccc1F. The summed E-state index contributed by atoms with van der Waals surface area (Å²) in [6.45, 7) is 5.71. The summed E-state index contributed by atoms with van der Waals surface area (Å²) in [6, 6.07) is 4.76. The number of oxazole rings is 1. The van der Waals surface area contributed by atoms with Crippen molar-refractivity contribution >= 4 is 15.9 Å². The van der Waals surface area contributed by atoms with Gasteiger partial charge in [0.25, 0.3) is 0 Å². The van der Waals surface area contributed by atoms with Crippen LogP contribution in [0.1, 0.15) is 19.5 Å². The van der Waals surface area contributed by atoms with Crippen LogP contribution in [0.5, 0.6) is 0 Å². The van der Waals surface area contributed by atoms with E-state index in [0.717, 1.165) is 16.7 Å². The Hall–Kier alpha value is -1.20. The van der Waals surface area contributed by atoms with Gasteiger partial charge in [-0.25, -0.2) is 9.37 Å². The Kier molecular flexibility index (Phi) is 4.71. The molecule has 0 spiro atoms. The van der Waals surface area contributed by atoms with E-state index in [0.29, 0.717) is 23.8 Å². The minimum Gasteiger partial charge on any atom is -0.443 e. The van der Waals surface area contributed by atoms with Crippen molar-refractivity contribution in [2.24, 2.45) is 5.92 Å². The largest absolute Gasteiger partial charge is 0.443 e. The summed E-state index contributed by atoms with van der Waals surface area (Å²) < 4.78 is 20.0. The Morgan fingerprint density at radius 3 is 2.95 bits per heavy atom. The molecule has 0 radical (unpaired) electrons. The molecule has 1 aromatic carbocycles. The first-order valence-electron chi connectivity index (χ1n) is 6.16. The van der Waals surface area contributed by atoms with Crippen molar-refractivity contribution in [3.05, 3.63) is 40.6 Å². The molecular formula is C14H16BrFN2O. The summed E-state index contributed by atoms with van der Waals surface area (Å²) in [5.41, 5.74) is 1.14. The molecule has 2 rings (SSSR count). The molecule has 0 atom stereocenters. The Morgan fingerprint density at radius 2 is 2.21 bits per heavy atom. The number of benzene rings is 1. The van der Waals surface area contributed by atoms with E-state index in [2.05, 4.69) is 40.1 Å². The highest BCUT2D eigenvalue weighted by Crippen LogP contribution is 2.28. The average Bonchev–Trinajstić information content (AvgIpc) is 2.80. The third-order valence-electron chi connectivity index (χ3n) is 2.66. The van der Waals surface area contributed by atoms with Gasteiger partial charge in [0.2, 0.25) is 0 Å². The molecule has 19 heavy (non-hydrogen) atoms. The highest BCUT2D eigenvalue weighted by atomic mass is 79.9. The number of rotatable bonds is 5. The molecule has 0 aliphatic carbocycles. The molecule has 0 amide bonds. The van der Waals surface area contributed by atoms with Crippen molar-refractivity contribution in [2.45, 2.75) is 20.4 Å². The maximum atomic E-state index is 13.8. The molecule has 0 aliphatic heterocycles. The highest BCUT2D eigenvalue weighted by molar-refractivity contribution is 9.10. The van der Waals surface area contributed by atoms with Gasteiger partial charge >= 0.3 is 0 Å². The van der Waals surface area contributed by atoms with Crippen molar-refractivity contribution in [3.8, 4) is 11.3 Å². The van der Waals surface area contributed by atoms with Gasteiger partial charge < -0.3 is 9.73 Å². The minimum atomic E-state index is -0.315. The first-order valence-corrected chi connectivity index (χ1v) is 6.95. The fourth-order valence-corrected chi connectivity index (χ4v) is 2.13. The Bertz CT molecular complexity index is 554. The predicted octanol–water partition coefficient (Wildman–Crippen LogP) is 3.99. The van der Waals surface area contributed by atoms with E-state index >= 15 is 0 Å². The van der Waals surface area contributed by atoms with Gasteiger partial charge in [0, 0.05) is 11.0 Å². The van der Waals surface area contributed by atoms with E-state index in [4.69, 9.17) is 4.42 Å². The zero-order valence-corrected chi connectivity index (χ0v) is 12.5. The summed E-state index contributed by atoms with van der Waals surface area (Å²) in [5.74, 6) is 0.720. The number of hydrogen-bond acceptors (Lipinski definition) is 3. The number of hydrogen-bond donors (Lipinski definition) is 1. The van der Waals surface area contributed by atoms with Gasteiger partial charge in [0.15, 0.2) is 12.2 Å². The van der Waals surface area contributed by atoms with Gasteiger partial charge in [0.1, 0.15) is 11.5 Å². The Morgan fingerprint density at radius 1 is 1.42 bits per heavy atom. The maximum absolute atomic E-state index is 13.8. The van der Waals surface area contributed by atoms with Crippen LogP contribution in [0.3, 0.4) is 0 Å². The summed E-state index contributed by atoms with van der Waals surface area (Å²) in [7, 11) is 0. The molecule has 1 heterocycles. The molecule has 0 fully saturated rings. The lowest BCUT2D eigenvalue weighted by atomic mass is 10.1. The summed E-state index contributed by atoms with van der Waals surface area (Å²) in [6.07, 6.45) is 1.35. The van der Waals surface area contributed by atoms with Crippen LogP contribution < -0.4 is 5.32 Å². The Labute approximate surface area is 120 Å². The average molecular weight is 327 g/mol. The fraction of sp³-hybridized carbons (Fsp3) is 0.357. The lowest BCUT2D eigenvalue weighted by Crippen LogP contribution is -2.19. The zero-order chi connectivity index (χ0) is 13.8. The number of aromatic nitrogens is 1. The molecule has 0 unspecified atom stereocenters. The standard InChI is InChI=1S/C14H16BrFN2O/c1-9(2)6-17-7-13-14(19-8-18-13)11-5-10(15)3-4-12(11)16/h3-5,8-9,17H,6-7H2,1-2H3. The minimum absolute atomic E-state index is 0.315. The van der Waals surface area contributed by atoms with Gasteiger partial charge in [-0.15, -0.1) is 0 Å². The molecule has 2 aromatic rings. The van der Waals surface area contributed by atoms with E-state index < -0.39 is 0 Å². The van der Waals surface area contributed by atoms with Crippen LogP contribution in [-0.4, -0.2) is 11.5 Å². The molecule has 3 nitrogen and oxygen atoms in total. The van der Waals surface area contributed by atoms with Crippen molar-refractivity contribution in [3.63, 3.8) is 0 Å². The number of nitrogens with one attached hydrogen (secondary N) is 1. The Balaban J connectivity index is 2.21. The van der Waals surface area contributed by atoms with Crippen molar-refractivity contribution in [2.75, 3.05) is 6.54 Å². The molecule has 1 aromatic heterocycles. The lowest BCUT2D eigenvalue weighted by Gasteiger charge is -2.07. The normalized spacial score (nSPS) is 11.2. The van der Waals surface area contributed by atoms with Crippen LogP contribution in [-0.2, 0) is 6.54 Å². The van der Waals surface area contributed by atoms with Crippen LogP contribution in [0, 0.1) is 11.7 Å². The topological polar surface area (TPSA) is 38.1 Å². The number of halogens is 2. The third kappa shape index (κ3) is 3.64. The first kappa shape index (κ1) is 14.2. The van der Waals surface area contributed by atoms with E-state index in [1.54, 1.807) is 12.1 Å². The second-order valence-electron chi connectivity index (χ2n) is 4.78. The number of nitrogens with zero attached hydrogens (tertiary/aromatic N) is 1. The molecule has 0 aliphatic rings. The van der Waals surface area contributed by atoms with Crippen LogP contribution >= 0.6 is 15.9 Å². The third-order valence-corrected chi connectivity index (χ3v) is 3.15. The van der Waals surface area contributed by atoms with Crippen LogP contribution in [0.4, 0.5) is 4.39 Å². The lowest BCUT2D eigenvalue weighted by molar-refractivity contribution is 0.542. The van der Waals surface area contributed by atoms with Gasteiger partial charge in [-0.3, -0.25) is 0 Å². The highest BCUT2D eigenvalue weighted by Gasteiger charge is 2.15. The summed E-state index contributed by atoms with van der Waals surface area (Å²) in [4.78, 5) is 4.15. The van der Waals surface area contributed by atoms with Crippen LogP contribution in [0.25, 0.3) is 11.3 Å². The molecule has 102 valence electrons. The van der Waals surface area contributed by atoms with Crippen LogP contribution in [0.15, 0.2) is 33.5 Å². The quantitative estimate of drug-likeness (QED) is 0.902. The molecule has 0 saturated heterocycles. The van der Waals surface area contributed by atoms with E-state index in [-0.39, 0.29) is 5.82 Å². The van der Waals surface area contributed by atoms with Crippen LogP contribution in [0.2, 0.25) is 0 Å².